The van der Waals surface area contributed by atoms with Crippen LogP contribution in [-0.4, -0.2) is 72.9 Å². The van der Waals surface area contributed by atoms with Gasteiger partial charge in [0.15, 0.2) is 28.8 Å². The van der Waals surface area contributed by atoms with E-state index in [1.165, 1.54) is 36.8 Å². The van der Waals surface area contributed by atoms with Gasteiger partial charge in [-0.05, 0) is 55.7 Å². The highest BCUT2D eigenvalue weighted by Crippen LogP contribution is 2.42. The number of anilines is 1. The molecule has 1 fully saturated rings. The second-order valence-electron chi connectivity index (χ2n) is 10.7. The molecular weight excluding hydrogens is 582 g/mol. The van der Waals surface area contributed by atoms with Crippen molar-refractivity contribution in [2.75, 3.05) is 39.1 Å². The molecule has 1 saturated heterocycles. The molecule has 2 atom stereocenters. The lowest BCUT2D eigenvalue weighted by Crippen LogP contribution is -2.47. The van der Waals surface area contributed by atoms with E-state index in [0.717, 1.165) is 12.8 Å². The molecule has 0 aliphatic carbocycles. The molecular formula is C32H33N5O8. The first-order chi connectivity index (χ1) is 21.9. The van der Waals surface area contributed by atoms with Crippen molar-refractivity contribution in [3.8, 4) is 23.0 Å². The third-order valence-corrected chi connectivity index (χ3v) is 7.86. The van der Waals surface area contributed by atoms with E-state index >= 15 is 0 Å². The molecule has 4 aromatic rings. The monoisotopic (exact) mass is 615 g/mol. The van der Waals surface area contributed by atoms with Crippen LogP contribution in [0.15, 0.2) is 54.6 Å². The van der Waals surface area contributed by atoms with Gasteiger partial charge in [-0.3, -0.25) is 19.3 Å². The lowest BCUT2D eigenvalue weighted by atomic mass is 9.99. The van der Waals surface area contributed by atoms with E-state index in [2.05, 4.69) is 15.6 Å². The van der Waals surface area contributed by atoms with Gasteiger partial charge in [-0.15, -0.1) is 5.10 Å². The summed E-state index contributed by atoms with van der Waals surface area (Å²) in [6, 6.07) is 14.0. The lowest BCUT2D eigenvalue weighted by molar-refractivity contribution is -0.127. The smallest absolute Gasteiger partial charge is 0.249 e. The quantitative estimate of drug-likeness (QED) is 0.249. The van der Waals surface area contributed by atoms with E-state index in [1.807, 2.05) is 12.1 Å². The fraction of sp³-hybridized carbons (Fsp3) is 0.344. The molecule has 0 spiro atoms. The van der Waals surface area contributed by atoms with Gasteiger partial charge in [0.25, 0.3) is 0 Å². The van der Waals surface area contributed by atoms with Gasteiger partial charge >= 0.3 is 0 Å². The van der Waals surface area contributed by atoms with Gasteiger partial charge in [0.1, 0.15) is 18.1 Å². The molecule has 0 bridgehead atoms. The first kappa shape index (κ1) is 29.9. The summed E-state index contributed by atoms with van der Waals surface area (Å²) in [6.45, 7) is 1.93. The Bertz CT molecular complexity index is 1750. The molecule has 1 N–H and O–H groups in total. The number of ether oxygens (including phenoxy) is 5. The van der Waals surface area contributed by atoms with Gasteiger partial charge in [0.05, 0.1) is 31.5 Å². The van der Waals surface area contributed by atoms with Crippen molar-refractivity contribution in [2.45, 2.75) is 38.5 Å². The predicted octanol–water partition coefficient (Wildman–Crippen LogP) is 3.45. The standard InChI is InChI=1S/C32H33N5O8/c1-19(38)22-14-28-29(45-18-44-28)15-25(22)37(30(39)17-36-24-9-5-4-8-23(24)34-35-36)31(32(40)33-16-21-7-6-12-43-21)20-10-11-26(41-2)27(13-20)42-3/h4-5,8-11,13-15,21,31H,6-7,12,16-18H2,1-3H3,(H,33,40)/t21-,31+/m1/s1. The third kappa shape index (κ3) is 5.98. The number of benzene rings is 3. The highest BCUT2D eigenvalue weighted by molar-refractivity contribution is 6.08. The summed E-state index contributed by atoms with van der Waals surface area (Å²) in [5, 5.41) is 11.4. The first-order valence-electron chi connectivity index (χ1n) is 14.5. The summed E-state index contributed by atoms with van der Waals surface area (Å²) >= 11 is 0. The van der Waals surface area contributed by atoms with E-state index in [4.69, 9.17) is 23.7 Å². The third-order valence-electron chi connectivity index (χ3n) is 7.86. The minimum atomic E-state index is -1.26. The Morgan fingerprint density at radius 1 is 1.04 bits per heavy atom. The van der Waals surface area contributed by atoms with Crippen LogP contribution in [0.3, 0.4) is 0 Å². The van der Waals surface area contributed by atoms with Crippen molar-refractivity contribution < 1.29 is 38.1 Å². The molecule has 2 aliphatic rings. The highest BCUT2D eigenvalue weighted by Gasteiger charge is 2.37. The van der Waals surface area contributed by atoms with Crippen molar-refractivity contribution in [3.05, 3.63) is 65.7 Å². The molecule has 6 rings (SSSR count). The number of ketones is 1. The first-order valence-corrected chi connectivity index (χ1v) is 14.5. The summed E-state index contributed by atoms with van der Waals surface area (Å²) in [7, 11) is 2.99. The Morgan fingerprint density at radius 2 is 1.82 bits per heavy atom. The average molecular weight is 616 g/mol. The zero-order valence-electron chi connectivity index (χ0n) is 25.1. The number of nitrogens with zero attached hydrogens (tertiary/aromatic N) is 4. The van der Waals surface area contributed by atoms with Crippen molar-refractivity contribution in [2.24, 2.45) is 0 Å². The number of hydrogen-bond acceptors (Lipinski definition) is 10. The number of hydrogen-bond donors (Lipinski definition) is 1. The van der Waals surface area contributed by atoms with Crippen LogP contribution in [0.5, 0.6) is 23.0 Å². The minimum Gasteiger partial charge on any atom is -0.493 e. The molecule has 0 radical (unpaired) electrons. The van der Waals surface area contributed by atoms with Crippen LogP contribution in [-0.2, 0) is 20.9 Å². The Labute approximate surface area is 258 Å². The van der Waals surface area contributed by atoms with E-state index < -0.39 is 17.9 Å². The molecule has 45 heavy (non-hydrogen) atoms. The summed E-state index contributed by atoms with van der Waals surface area (Å²) < 4.78 is 29.4. The van der Waals surface area contributed by atoms with Crippen LogP contribution in [0.4, 0.5) is 5.69 Å². The zero-order chi connectivity index (χ0) is 31.5. The van der Waals surface area contributed by atoms with Crippen molar-refractivity contribution >= 4 is 34.3 Å². The van der Waals surface area contributed by atoms with Crippen LogP contribution in [0, 0.1) is 0 Å². The van der Waals surface area contributed by atoms with Gasteiger partial charge in [0.2, 0.25) is 18.6 Å². The van der Waals surface area contributed by atoms with Gasteiger partial charge in [0, 0.05) is 24.8 Å². The average Bonchev–Trinajstić information content (AvgIpc) is 3.83. The van der Waals surface area contributed by atoms with Gasteiger partial charge in [-0.25, -0.2) is 4.68 Å². The van der Waals surface area contributed by atoms with E-state index in [1.54, 1.807) is 36.4 Å². The zero-order valence-corrected chi connectivity index (χ0v) is 25.1. The van der Waals surface area contributed by atoms with Gasteiger partial charge in [-0.2, -0.15) is 0 Å². The molecule has 13 heteroatoms. The number of aromatic nitrogens is 3. The van der Waals surface area contributed by atoms with Gasteiger partial charge < -0.3 is 29.0 Å². The van der Waals surface area contributed by atoms with Crippen molar-refractivity contribution in [3.63, 3.8) is 0 Å². The number of Topliss-reactive ketones (excluding diaryl/α,β-unsaturated/α-hetero) is 1. The van der Waals surface area contributed by atoms with E-state index in [0.29, 0.717) is 46.2 Å². The Kier molecular flexibility index (Phi) is 8.52. The second kappa shape index (κ2) is 12.8. The van der Waals surface area contributed by atoms with Crippen LogP contribution >= 0.6 is 0 Å². The number of rotatable bonds is 11. The maximum Gasteiger partial charge on any atom is 0.249 e. The molecule has 0 saturated carbocycles. The highest BCUT2D eigenvalue weighted by atomic mass is 16.7. The number of para-hydroxylation sites is 1. The Hall–Kier alpha value is -5.17. The second-order valence-corrected chi connectivity index (χ2v) is 10.7. The lowest BCUT2D eigenvalue weighted by Gasteiger charge is -2.33. The van der Waals surface area contributed by atoms with Gasteiger partial charge in [-0.1, -0.05) is 23.4 Å². The van der Waals surface area contributed by atoms with Crippen LogP contribution in [0.25, 0.3) is 11.0 Å². The summed E-state index contributed by atoms with van der Waals surface area (Å²) in [5.74, 6) is 0.158. The molecule has 234 valence electrons. The van der Waals surface area contributed by atoms with E-state index in [9.17, 15) is 14.4 Å². The van der Waals surface area contributed by atoms with E-state index in [-0.39, 0.29) is 43.0 Å². The fourth-order valence-corrected chi connectivity index (χ4v) is 5.63. The number of amides is 2. The van der Waals surface area contributed by atoms with Crippen LogP contribution < -0.4 is 29.2 Å². The Balaban J connectivity index is 1.51. The minimum absolute atomic E-state index is 0.0456. The largest absolute Gasteiger partial charge is 0.493 e. The fourth-order valence-electron chi connectivity index (χ4n) is 5.63. The number of fused-ring (bicyclic) bond motifs is 2. The number of carbonyl (C=O) groups excluding carboxylic acids is 3. The number of nitrogens with one attached hydrogen (secondary N) is 1. The normalized spacial score (nSPS) is 15.9. The van der Waals surface area contributed by atoms with Crippen LogP contribution in [0.2, 0.25) is 0 Å². The molecule has 0 unspecified atom stereocenters. The maximum atomic E-state index is 14.6. The van der Waals surface area contributed by atoms with Crippen molar-refractivity contribution in [1.29, 1.82) is 0 Å². The number of carbonyl (C=O) groups is 3. The maximum absolute atomic E-state index is 14.6. The molecule has 13 nitrogen and oxygen atoms in total. The molecule has 1 aromatic heterocycles. The Morgan fingerprint density at radius 3 is 2.56 bits per heavy atom. The molecule has 3 heterocycles. The molecule has 2 aliphatic heterocycles. The van der Waals surface area contributed by atoms with Crippen molar-refractivity contribution in [1.82, 2.24) is 20.3 Å². The summed E-state index contributed by atoms with van der Waals surface area (Å²) in [5.41, 5.74) is 2.01. The van der Waals surface area contributed by atoms with Crippen LogP contribution in [0.1, 0.15) is 41.7 Å². The predicted molar refractivity (Wildman–Crippen MR) is 162 cm³/mol. The molecule has 3 aromatic carbocycles. The molecule has 2 amide bonds. The summed E-state index contributed by atoms with van der Waals surface area (Å²) in [6.07, 6.45) is 1.55. The number of methoxy groups -OCH3 is 2. The topological polar surface area (TPSA) is 143 Å². The summed E-state index contributed by atoms with van der Waals surface area (Å²) in [4.78, 5) is 43.3. The SMILES string of the molecule is COc1ccc([C@@H](C(=O)NC[C@H]2CCCO2)N(C(=O)Cn2nnc3ccccc32)c2cc3c(cc2C(C)=O)OCO3)cc1OC.